The third-order valence-corrected chi connectivity index (χ3v) is 0.890. The highest BCUT2D eigenvalue weighted by Gasteiger charge is 1.97. The number of hydrogen-bond acceptors (Lipinski definition) is 2. The lowest BCUT2D eigenvalue weighted by Crippen LogP contribution is -2.07. The predicted octanol–water partition coefficient (Wildman–Crippen LogP) is 1.10. The average Bonchev–Trinajstić information content (AvgIpc) is 1.90. The molecule has 42 valence electrons. The first-order chi connectivity index (χ1) is 3.93. The first-order valence-electron chi connectivity index (χ1n) is 2.43. The number of allylic oxidation sites excluding steroid dienone is 2. The van der Waals surface area contributed by atoms with E-state index in [1.165, 1.54) is 6.21 Å². The van der Waals surface area contributed by atoms with Crippen LogP contribution in [0, 0.1) is 5.41 Å². The van der Waals surface area contributed by atoms with E-state index in [-0.39, 0.29) is 6.10 Å². The molecule has 2 nitrogen and oxygen atoms in total. The van der Waals surface area contributed by atoms with E-state index in [9.17, 15) is 0 Å². The molecular weight excluding hydrogens is 102 g/mol. The summed E-state index contributed by atoms with van der Waals surface area (Å²) in [6.07, 6.45) is 8.15. The minimum atomic E-state index is -0.139. The SMILES string of the molecule is N=CC1C=CC=CO1. The number of nitrogens with one attached hydrogen (secondary N) is 1. The summed E-state index contributed by atoms with van der Waals surface area (Å²) in [5, 5.41) is 6.76. The van der Waals surface area contributed by atoms with Crippen molar-refractivity contribution in [1.82, 2.24) is 0 Å². The van der Waals surface area contributed by atoms with Gasteiger partial charge in [-0.15, -0.1) is 0 Å². The van der Waals surface area contributed by atoms with Crippen molar-refractivity contribution in [3.63, 3.8) is 0 Å². The van der Waals surface area contributed by atoms with Crippen molar-refractivity contribution in [2.45, 2.75) is 6.10 Å². The second kappa shape index (κ2) is 2.31. The zero-order valence-corrected chi connectivity index (χ0v) is 4.37. The average molecular weight is 109 g/mol. The highest BCUT2D eigenvalue weighted by atomic mass is 16.5. The predicted molar refractivity (Wildman–Crippen MR) is 31.9 cm³/mol. The summed E-state index contributed by atoms with van der Waals surface area (Å²) in [6, 6.07) is 0. The van der Waals surface area contributed by atoms with E-state index in [2.05, 4.69) is 0 Å². The van der Waals surface area contributed by atoms with Crippen molar-refractivity contribution in [2.75, 3.05) is 0 Å². The van der Waals surface area contributed by atoms with Crippen LogP contribution in [0.5, 0.6) is 0 Å². The number of rotatable bonds is 1. The number of hydrogen-bond donors (Lipinski definition) is 1. The summed E-state index contributed by atoms with van der Waals surface area (Å²) < 4.78 is 4.92. The molecular formula is C6H7NO. The summed E-state index contributed by atoms with van der Waals surface area (Å²) in [6.45, 7) is 0. The van der Waals surface area contributed by atoms with Gasteiger partial charge in [0, 0.05) is 6.21 Å². The highest BCUT2D eigenvalue weighted by Crippen LogP contribution is 1.97. The minimum Gasteiger partial charge on any atom is -0.488 e. The van der Waals surface area contributed by atoms with Gasteiger partial charge < -0.3 is 10.1 Å². The fraction of sp³-hybridized carbons (Fsp3) is 0.167. The Morgan fingerprint density at radius 2 is 2.38 bits per heavy atom. The van der Waals surface area contributed by atoms with Crippen molar-refractivity contribution < 1.29 is 4.74 Å². The summed E-state index contributed by atoms with van der Waals surface area (Å²) >= 11 is 0. The second-order valence-corrected chi connectivity index (χ2v) is 1.48. The Morgan fingerprint density at radius 3 is 2.75 bits per heavy atom. The monoisotopic (exact) mass is 109 g/mol. The molecule has 0 radical (unpaired) electrons. The van der Waals surface area contributed by atoms with E-state index < -0.39 is 0 Å². The maximum Gasteiger partial charge on any atom is 0.151 e. The molecule has 2 heteroatoms. The van der Waals surface area contributed by atoms with E-state index in [0.29, 0.717) is 0 Å². The fourth-order valence-corrected chi connectivity index (χ4v) is 0.495. The van der Waals surface area contributed by atoms with Gasteiger partial charge in [-0.1, -0.05) is 6.08 Å². The molecule has 0 aromatic rings. The quantitative estimate of drug-likeness (QED) is 0.502. The summed E-state index contributed by atoms with van der Waals surface area (Å²) in [4.78, 5) is 0. The van der Waals surface area contributed by atoms with Gasteiger partial charge in [-0.3, -0.25) is 0 Å². The van der Waals surface area contributed by atoms with Crippen LogP contribution in [0.1, 0.15) is 0 Å². The van der Waals surface area contributed by atoms with Crippen LogP contribution in [0.2, 0.25) is 0 Å². The third kappa shape index (κ3) is 0.964. The van der Waals surface area contributed by atoms with Crippen LogP contribution >= 0.6 is 0 Å². The lowest BCUT2D eigenvalue weighted by atomic mass is 10.3. The molecule has 0 aromatic carbocycles. The Labute approximate surface area is 48.0 Å². The maximum atomic E-state index is 6.76. The number of ether oxygens (including phenoxy) is 1. The molecule has 0 aliphatic carbocycles. The maximum absolute atomic E-state index is 6.76. The van der Waals surface area contributed by atoms with Crippen molar-refractivity contribution in [3.05, 3.63) is 24.5 Å². The first-order valence-corrected chi connectivity index (χ1v) is 2.43. The van der Waals surface area contributed by atoms with Crippen LogP contribution in [0.15, 0.2) is 24.5 Å². The second-order valence-electron chi connectivity index (χ2n) is 1.48. The Morgan fingerprint density at radius 1 is 1.50 bits per heavy atom. The van der Waals surface area contributed by atoms with Crippen molar-refractivity contribution in [1.29, 1.82) is 5.41 Å². The molecule has 0 bridgehead atoms. The molecule has 0 saturated carbocycles. The molecule has 1 atom stereocenters. The summed E-state index contributed by atoms with van der Waals surface area (Å²) in [5.74, 6) is 0. The van der Waals surface area contributed by atoms with Crippen molar-refractivity contribution >= 4 is 6.21 Å². The summed E-state index contributed by atoms with van der Waals surface area (Å²) in [7, 11) is 0. The zero-order chi connectivity index (χ0) is 5.82. The van der Waals surface area contributed by atoms with Crippen molar-refractivity contribution in [2.24, 2.45) is 0 Å². The molecule has 8 heavy (non-hydrogen) atoms. The lowest BCUT2D eigenvalue weighted by molar-refractivity contribution is 0.242. The van der Waals surface area contributed by atoms with E-state index in [4.69, 9.17) is 10.1 Å². The van der Waals surface area contributed by atoms with Crippen LogP contribution in [-0.4, -0.2) is 12.3 Å². The van der Waals surface area contributed by atoms with Gasteiger partial charge in [-0.2, -0.15) is 0 Å². The molecule has 0 amide bonds. The van der Waals surface area contributed by atoms with E-state index >= 15 is 0 Å². The minimum absolute atomic E-state index is 0.139. The Balaban J connectivity index is 2.51. The fourth-order valence-electron chi connectivity index (χ4n) is 0.495. The first kappa shape index (κ1) is 5.09. The van der Waals surface area contributed by atoms with Gasteiger partial charge in [0.05, 0.1) is 6.26 Å². The van der Waals surface area contributed by atoms with Crippen LogP contribution in [0.3, 0.4) is 0 Å². The Bertz CT molecular complexity index is 137. The highest BCUT2D eigenvalue weighted by molar-refractivity contribution is 5.62. The smallest absolute Gasteiger partial charge is 0.151 e. The van der Waals surface area contributed by atoms with Crippen molar-refractivity contribution in [3.8, 4) is 0 Å². The molecule has 0 saturated heterocycles. The van der Waals surface area contributed by atoms with Gasteiger partial charge in [-0.25, -0.2) is 0 Å². The van der Waals surface area contributed by atoms with Gasteiger partial charge in [0.25, 0.3) is 0 Å². The van der Waals surface area contributed by atoms with Gasteiger partial charge in [0.15, 0.2) is 6.10 Å². The molecule has 1 heterocycles. The van der Waals surface area contributed by atoms with Crippen LogP contribution in [0.4, 0.5) is 0 Å². The third-order valence-electron chi connectivity index (χ3n) is 0.890. The molecule has 1 aliphatic rings. The van der Waals surface area contributed by atoms with E-state index in [1.807, 2.05) is 12.2 Å². The van der Waals surface area contributed by atoms with Gasteiger partial charge in [-0.05, 0) is 12.2 Å². The van der Waals surface area contributed by atoms with Gasteiger partial charge in [0.2, 0.25) is 0 Å². The lowest BCUT2D eigenvalue weighted by Gasteiger charge is -2.07. The van der Waals surface area contributed by atoms with Gasteiger partial charge >= 0.3 is 0 Å². The molecule has 1 aliphatic heterocycles. The van der Waals surface area contributed by atoms with E-state index in [1.54, 1.807) is 12.3 Å². The summed E-state index contributed by atoms with van der Waals surface area (Å²) in [5.41, 5.74) is 0. The normalized spacial score (nSPS) is 24.8. The van der Waals surface area contributed by atoms with Crippen LogP contribution < -0.4 is 0 Å². The van der Waals surface area contributed by atoms with Crippen LogP contribution in [0.25, 0.3) is 0 Å². The topological polar surface area (TPSA) is 33.1 Å². The Kier molecular flexibility index (Phi) is 1.47. The van der Waals surface area contributed by atoms with Crippen LogP contribution in [-0.2, 0) is 4.74 Å². The zero-order valence-electron chi connectivity index (χ0n) is 4.37. The molecule has 1 rings (SSSR count). The van der Waals surface area contributed by atoms with E-state index in [0.717, 1.165) is 0 Å². The molecule has 0 aromatic heterocycles. The van der Waals surface area contributed by atoms with Gasteiger partial charge in [0.1, 0.15) is 0 Å². The molecule has 0 fully saturated rings. The largest absolute Gasteiger partial charge is 0.488 e. The molecule has 1 unspecified atom stereocenters. The Hall–Kier alpha value is -1.05. The molecule has 0 spiro atoms. The standard InChI is InChI=1S/C6H7NO/c7-5-6-3-1-2-4-8-6/h1-7H. The molecule has 1 N–H and O–H groups in total.